The Morgan fingerprint density at radius 2 is 1.90 bits per heavy atom. The summed E-state index contributed by atoms with van der Waals surface area (Å²) < 4.78 is 43.5. The molecule has 5 nitrogen and oxygen atoms in total. The minimum Gasteiger partial charge on any atom is -0.405 e. The zero-order valence-electron chi connectivity index (χ0n) is 16.3. The molecule has 1 aromatic carbocycles. The Labute approximate surface area is 169 Å². The number of nitriles is 1. The second-order valence-electron chi connectivity index (χ2n) is 7.12. The summed E-state index contributed by atoms with van der Waals surface area (Å²) in [5.74, 6) is -0.872. The first-order valence-corrected chi connectivity index (χ1v) is 9.46. The number of para-hydroxylation sites is 1. The number of ether oxygens (including phenoxy) is 1. The smallest absolute Gasteiger partial charge is 0.405 e. The lowest BCUT2D eigenvalue weighted by Crippen LogP contribution is -2.33. The maximum Gasteiger partial charge on any atom is 0.573 e. The Hall–Kier alpha value is -2.86. The van der Waals surface area contributed by atoms with Crippen LogP contribution >= 0.6 is 11.3 Å². The zero-order valence-corrected chi connectivity index (χ0v) is 17.1. The van der Waals surface area contributed by atoms with Gasteiger partial charge in [0.2, 0.25) is 0 Å². The number of alkyl halides is 3. The van der Waals surface area contributed by atoms with Gasteiger partial charge in [-0.05, 0) is 19.1 Å². The topological polar surface area (TPSA) is 72.1 Å². The first-order valence-electron chi connectivity index (χ1n) is 8.64. The molecule has 0 amide bonds. The molecule has 0 fully saturated rings. The Balaban J connectivity index is 2.80. The Morgan fingerprint density at radius 3 is 2.41 bits per heavy atom. The summed E-state index contributed by atoms with van der Waals surface area (Å²) >= 11 is 0.887. The van der Waals surface area contributed by atoms with E-state index in [1.54, 1.807) is 27.7 Å². The summed E-state index contributed by atoms with van der Waals surface area (Å²) in [4.78, 5) is 25.4. The van der Waals surface area contributed by atoms with E-state index in [0.29, 0.717) is 0 Å². The van der Waals surface area contributed by atoms with Gasteiger partial charge in [0.25, 0.3) is 5.56 Å². The molecule has 0 saturated heterocycles. The average Bonchev–Trinajstić information content (AvgIpc) is 2.91. The number of hydrogen-bond acceptors (Lipinski definition) is 5. The SMILES string of the molecule is CCn1c(=O)/c(=C\c2ccccc2OC(F)(F)F)s/c1=C(/C#N)C(=O)C(C)(C)C. The van der Waals surface area contributed by atoms with Crippen molar-refractivity contribution < 1.29 is 22.7 Å². The minimum absolute atomic E-state index is 0.0543. The van der Waals surface area contributed by atoms with Crippen LogP contribution in [-0.2, 0) is 11.3 Å². The molecule has 2 aromatic rings. The highest BCUT2D eigenvalue weighted by Crippen LogP contribution is 2.26. The Morgan fingerprint density at radius 1 is 1.28 bits per heavy atom. The van der Waals surface area contributed by atoms with Gasteiger partial charge >= 0.3 is 6.36 Å². The van der Waals surface area contributed by atoms with Crippen molar-refractivity contribution in [2.75, 3.05) is 0 Å². The van der Waals surface area contributed by atoms with Crippen LogP contribution in [0, 0.1) is 16.7 Å². The van der Waals surface area contributed by atoms with Crippen molar-refractivity contribution in [1.82, 2.24) is 4.57 Å². The lowest BCUT2D eigenvalue weighted by molar-refractivity contribution is -0.274. The monoisotopic (exact) mass is 424 g/mol. The average molecular weight is 424 g/mol. The molecule has 9 heteroatoms. The third kappa shape index (κ3) is 5.15. The van der Waals surface area contributed by atoms with E-state index in [2.05, 4.69) is 4.74 Å². The summed E-state index contributed by atoms with van der Waals surface area (Å²) in [7, 11) is 0. The normalized spacial score (nSPS) is 13.8. The van der Waals surface area contributed by atoms with Crippen LogP contribution in [0.2, 0.25) is 0 Å². The van der Waals surface area contributed by atoms with E-state index in [4.69, 9.17) is 0 Å². The number of ketones is 1. The molecule has 0 bridgehead atoms. The van der Waals surface area contributed by atoms with Gasteiger partial charge in [-0.1, -0.05) is 39.0 Å². The van der Waals surface area contributed by atoms with E-state index >= 15 is 0 Å². The molecule has 0 spiro atoms. The molecule has 2 rings (SSSR count). The highest BCUT2D eigenvalue weighted by atomic mass is 32.1. The molecule has 0 saturated carbocycles. The fourth-order valence-corrected chi connectivity index (χ4v) is 3.68. The summed E-state index contributed by atoms with van der Waals surface area (Å²) in [6, 6.07) is 7.29. The third-order valence-electron chi connectivity index (χ3n) is 3.89. The van der Waals surface area contributed by atoms with Crippen molar-refractivity contribution in [3.8, 4) is 11.8 Å². The van der Waals surface area contributed by atoms with E-state index in [9.17, 15) is 28.0 Å². The van der Waals surface area contributed by atoms with E-state index in [-0.39, 0.29) is 26.9 Å². The van der Waals surface area contributed by atoms with E-state index in [1.165, 1.54) is 28.8 Å². The van der Waals surface area contributed by atoms with Gasteiger partial charge in [0.1, 0.15) is 22.1 Å². The van der Waals surface area contributed by atoms with Crippen molar-refractivity contribution in [3.05, 3.63) is 49.4 Å². The van der Waals surface area contributed by atoms with Gasteiger partial charge in [-0.15, -0.1) is 24.5 Å². The maximum atomic E-state index is 12.8. The number of halogens is 3. The number of hydrogen-bond donors (Lipinski definition) is 0. The molecule has 0 aliphatic heterocycles. The third-order valence-corrected chi connectivity index (χ3v) is 5.02. The van der Waals surface area contributed by atoms with Crippen molar-refractivity contribution in [1.29, 1.82) is 5.26 Å². The van der Waals surface area contributed by atoms with E-state index in [0.717, 1.165) is 17.4 Å². The minimum atomic E-state index is -4.88. The molecule has 1 aromatic heterocycles. The van der Waals surface area contributed by atoms with Crippen LogP contribution in [0.5, 0.6) is 5.75 Å². The van der Waals surface area contributed by atoms with Crippen molar-refractivity contribution in [3.63, 3.8) is 0 Å². The largest absolute Gasteiger partial charge is 0.573 e. The predicted molar refractivity (Wildman–Crippen MR) is 104 cm³/mol. The van der Waals surface area contributed by atoms with Gasteiger partial charge in [-0.2, -0.15) is 5.26 Å². The second kappa shape index (κ2) is 8.25. The molecule has 29 heavy (non-hydrogen) atoms. The molecule has 0 N–H and O–H groups in total. The van der Waals surface area contributed by atoms with Gasteiger partial charge in [0, 0.05) is 17.5 Å². The van der Waals surface area contributed by atoms with Crippen LogP contribution in [0.4, 0.5) is 13.2 Å². The van der Waals surface area contributed by atoms with Crippen LogP contribution < -0.4 is 19.5 Å². The van der Waals surface area contributed by atoms with Crippen LogP contribution in [0.3, 0.4) is 0 Å². The summed E-state index contributed by atoms with van der Waals surface area (Å²) in [6.07, 6.45) is -3.62. The van der Waals surface area contributed by atoms with Gasteiger partial charge in [-0.25, -0.2) is 0 Å². The van der Waals surface area contributed by atoms with Gasteiger partial charge in [-0.3, -0.25) is 14.2 Å². The molecule has 154 valence electrons. The number of benzene rings is 1. The molecule has 0 aliphatic rings. The lowest BCUT2D eigenvalue weighted by atomic mass is 9.87. The van der Waals surface area contributed by atoms with Crippen LogP contribution in [0.15, 0.2) is 29.1 Å². The Bertz CT molecular complexity index is 1150. The summed E-state index contributed by atoms with van der Waals surface area (Å²) in [6.45, 7) is 6.85. The van der Waals surface area contributed by atoms with Crippen molar-refractivity contribution in [2.24, 2.45) is 5.41 Å². The number of Topliss-reactive ketones (excluding diaryl/α,β-unsaturated/α-hetero) is 1. The summed E-state index contributed by atoms with van der Waals surface area (Å²) in [5, 5.41) is 9.52. The van der Waals surface area contributed by atoms with Crippen molar-refractivity contribution in [2.45, 2.75) is 40.6 Å². The predicted octanol–water partition coefficient (Wildman–Crippen LogP) is 2.95. The van der Waals surface area contributed by atoms with Crippen LogP contribution in [0.25, 0.3) is 11.6 Å². The number of thiazole rings is 1. The quantitative estimate of drug-likeness (QED) is 0.757. The molecule has 0 radical (unpaired) electrons. The van der Waals surface area contributed by atoms with Gasteiger partial charge in [0.05, 0.1) is 4.53 Å². The fraction of sp³-hybridized carbons (Fsp3) is 0.350. The number of carbonyl (C=O) groups excluding carboxylic acids is 1. The zero-order chi connectivity index (χ0) is 22.0. The molecular weight excluding hydrogens is 405 g/mol. The molecule has 0 atom stereocenters. The lowest BCUT2D eigenvalue weighted by Gasteiger charge is -2.15. The van der Waals surface area contributed by atoms with E-state index in [1.807, 2.05) is 6.07 Å². The number of rotatable bonds is 4. The first-order chi connectivity index (χ1) is 13.4. The molecular formula is C20H19F3N2O3S. The second-order valence-corrected chi connectivity index (χ2v) is 8.15. The molecule has 1 heterocycles. The summed E-state index contributed by atoms with van der Waals surface area (Å²) in [5.41, 5.74) is -1.43. The standard InChI is InChI=1S/C20H19F3N2O3S/c1-5-25-17(27)15(29-18(25)13(11-24)16(26)19(2,3)4)10-12-8-6-7-9-14(12)28-20(21,22)23/h6-10H,5H2,1-4H3/b15-10+,18-13-. The van der Waals surface area contributed by atoms with Crippen LogP contribution in [0.1, 0.15) is 33.3 Å². The van der Waals surface area contributed by atoms with E-state index < -0.39 is 28.9 Å². The first kappa shape index (κ1) is 22.4. The molecule has 0 aliphatic carbocycles. The maximum absolute atomic E-state index is 12.8. The highest BCUT2D eigenvalue weighted by molar-refractivity contribution is 7.07. The fourth-order valence-electron chi connectivity index (χ4n) is 2.52. The Kier molecular flexibility index (Phi) is 6.38. The van der Waals surface area contributed by atoms with Gasteiger partial charge in [0.15, 0.2) is 5.78 Å². The highest BCUT2D eigenvalue weighted by Gasteiger charge is 2.32. The number of carbonyl (C=O) groups is 1. The van der Waals surface area contributed by atoms with Crippen molar-refractivity contribution >= 4 is 28.8 Å². The van der Waals surface area contributed by atoms with Gasteiger partial charge < -0.3 is 4.74 Å². The molecule has 0 unspecified atom stereocenters. The number of nitrogens with zero attached hydrogens (tertiary/aromatic N) is 2. The number of aromatic nitrogens is 1. The van der Waals surface area contributed by atoms with Crippen LogP contribution in [-0.4, -0.2) is 16.7 Å².